The molecule has 0 radical (unpaired) electrons. The summed E-state index contributed by atoms with van der Waals surface area (Å²) in [4.78, 5) is 34.4. The molecule has 136 valence electrons. The number of hydrogen-bond acceptors (Lipinski definition) is 4. The lowest BCUT2D eigenvalue weighted by atomic mass is 10.1. The fourth-order valence-electron chi connectivity index (χ4n) is 2.65. The van der Waals surface area contributed by atoms with E-state index in [1.54, 1.807) is 0 Å². The topological polar surface area (TPSA) is 73.0 Å². The van der Waals surface area contributed by atoms with Gasteiger partial charge in [0.2, 0.25) is 0 Å². The van der Waals surface area contributed by atoms with Crippen LogP contribution in [0.1, 0.15) is 11.4 Å². The Morgan fingerprint density at radius 3 is 2.42 bits per heavy atom. The number of aryl methyl sites for hydroxylation is 3. The molecule has 7 nitrogen and oxygen atoms in total. The summed E-state index contributed by atoms with van der Waals surface area (Å²) in [6, 6.07) is 2.78. The van der Waals surface area contributed by atoms with Crippen molar-refractivity contribution in [2.45, 2.75) is 12.8 Å². The van der Waals surface area contributed by atoms with Crippen molar-refractivity contribution < 1.29 is 13.6 Å². The molecule has 1 amide bonds. The fraction of sp³-hybridized carbons (Fsp3) is 0.294. The number of carbonyl (C=O) groups is 1. The van der Waals surface area contributed by atoms with E-state index in [1.807, 2.05) is 0 Å². The molecule has 2 heterocycles. The summed E-state index contributed by atoms with van der Waals surface area (Å²) in [7, 11) is 4.60. The summed E-state index contributed by atoms with van der Waals surface area (Å²) in [5, 5.41) is 0. The molecule has 0 aliphatic carbocycles. The van der Waals surface area contributed by atoms with E-state index in [-0.39, 0.29) is 5.65 Å². The third-order valence-electron chi connectivity index (χ3n) is 3.98. The summed E-state index contributed by atoms with van der Waals surface area (Å²) >= 11 is 0. The molecule has 3 rings (SSSR count). The maximum absolute atomic E-state index is 13.3. The molecule has 0 fully saturated rings. The number of nitrogens with zero attached hydrogens (tertiary/aromatic N) is 5. The van der Waals surface area contributed by atoms with Gasteiger partial charge in [0, 0.05) is 33.6 Å². The summed E-state index contributed by atoms with van der Waals surface area (Å²) < 4.78 is 28.8. The van der Waals surface area contributed by atoms with Crippen molar-refractivity contribution >= 4 is 17.2 Å². The second-order valence-corrected chi connectivity index (χ2v) is 6.13. The van der Waals surface area contributed by atoms with E-state index in [0.29, 0.717) is 29.7 Å². The van der Waals surface area contributed by atoms with E-state index in [0.717, 1.165) is 10.6 Å². The lowest BCUT2D eigenvalue weighted by Gasteiger charge is -2.10. The van der Waals surface area contributed by atoms with Crippen LogP contribution in [0.3, 0.4) is 0 Å². The zero-order valence-corrected chi connectivity index (χ0v) is 14.5. The van der Waals surface area contributed by atoms with Gasteiger partial charge in [-0.25, -0.2) is 28.3 Å². The first-order valence-electron chi connectivity index (χ1n) is 7.88. The van der Waals surface area contributed by atoms with E-state index in [9.17, 15) is 18.4 Å². The van der Waals surface area contributed by atoms with Crippen molar-refractivity contribution in [3.8, 4) is 0 Å². The first-order chi connectivity index (χ1) is 12.3. The van der Waals surface area contributed by atoms with Gasteiger partial charge in [0.1, 0.15) is 23.0 Å². The molecule has 0 saturated carbocycles. The van der Waals surface area contributed by atoms with Gasteiger partial charge in [0.05, 0.1) is 6.20 Å². The summed E-state index contributed by atoms with van der Waals surface area (Å²) in [5.74, 6) is -0.928. The van der Waals surface area contributed by atoms with Crippen molar-refractivity contribution in [2.24, 2.45) is 7.05 Å². The van der Waals surface area contributed by atoms with Crippen LogP contribution in [0.15, 0.2) is 29.2 Å². The van der Waals surface area contributed by atoms with Crippen LogP contribution in [-0.4, -0.2) is 44.1 Å². The minimum Gasteiger partial charge on any atom is -0.330 e. The Morgan fingerprint density at radius 2 is 1.81 bits per heavy atom. The number of imidazole rings is 1. The summed E-state index contributed by atoms with van der Waals surface area (Å²) in [5.41, 5.74) is 0.579. The Bertz CT molecular complexity index is 1030. The molecule has 0 spiro atoms. The van der Waals surface area contributed by atoms with Crippen molar-refractivity contribution in [1.29, 1.82) is 0 Å². The Kier molecular flexibility index (Phi) is 4.54. The molecule has 0 atom stereocenters. The first-order valence-corrected chi connectivity index (χ1v) is 7.88. The number of fused-ring (bicyclic) bond motifs is 1. The van der Waals surface area contributed by atoms with Crippen molar-refractivity contribution in [1.82, 2.24) is 24.0 Å². The number of amides is 1. The molecule has 0 N–H and O–H groups in total. The van der Waals surface area contributed by atoms with E-state index in [1.165, 1.54) is 48.9 Å². The smallest absolute Gasteiger partial charge is 0.330 e. The molecular formula is C17H17F2N5O2. The second-order valence-electron chi connectivity index (χ2n) is 6.13. The predicted molar refractivity (Wildman–Crippen MR) is 91.0 cm³/mol. The number of hydrogen-bond donors (Lipinski definition) is 0. The van der Waals surface area contributed by atoms with Gasteiger partial charge in [0.25, 0.3) is 0 Å². The van der Waals surface area contributed by atoms with Crippen LogP contribution in [0.4, 0.5) is 13.6 Å². The van der Waals surface area contributed by atoms with Gasteiger partial charge >= 0.3 is 11.7 Å². The molecule has 0 unspecified atom stereocenters. The minimum absolute atomic E-state index is 0.201. The SMILES string of the molecule is CN(C)C(=O)n1c(=O)n(C)c2cnc(CCc3cc(F)cc(F)c3)nc21. The number of rotatable bonds is 3. The lowest BCUT2D eigenvalue weighted by molar-refractivity contribution is 0.219. The van der Waals surface area contributed by atoms with E-state index in [4.69, 9.17) is 0 Å². The highest BCUT2D eigenvalue weighted by molar-refractivity contribution is 5.86. The normalized spacial score (nSPS) is 11.1. The highest BCUT2D eigenvalue weighted by Crippen LogP contribution is 2.13. The predicted octanol–water partition coefficient (Wildman–Crippen LogP) is 1.72. The van der Waals surface area contributed by atoms with Gasteiger partial charge in [-0.15, -0.1) is 0 Å². The molecule has 0 saturated heterocycles. The first kappa shape index (κ1) is 17.7. The highest BCUT2D eigenvalue weighted by Gasteiger charge is 2.20. The monoisotopic (exact) mass is 361 g/mol. The third-order valence-corrected chi connectivity index (χ3v) is 3.98. The van der Waals surface area contributed by atoms with E-state index in [2.05, 4.69) is 9.97 Å². The lowest BCUT2D eigenvalue weighted by Crippen LogP contribution is -2.35. The molecule has 1 aromatic carbocycles. The summed E-state index contributed by atoms with van der Waals surface area (Å²) in [6.07, 6.45) is 2.08. The Balaban J connectivity index is 1.97. The van der Waals surface area contributed by atoms with Gasteiger partial charge < -0.3 is 4.90 Å². The zero-order chi connectivity index (χ0) is 19.0. The number of aromatic nitrogens is 4. The number of carbonyl (C=O) groups excluding carboxylic acids is 1. The van der Waals surface area contributed by atoms with Crippen LogP contribution in [-0.2, 0) is 19.9 Å². The van der Waals surface area contributed by atoms with Crippen molar-refractivity contribution in [3.05, 3.63) is 57.9 Å². The average Bonchev–Trinajstić information content (AvgIpc) is 2.82. The van der Waals surface area contributed by atoms with Crippen molar-refractivity contribution in [3.63, 3.8) is 0 Å². The Hall–Kier alpha value is -3.10. The fourth-order valence-corrected chi connectivity index (χ4v) is 2.65. The van der Waals surface area contributed by atoms with Gasteiger partial charge in [0.15, 0.2) is 5.65 Å². The van der Waals surface area contributed by atoms with Crippen LogP contribution in [0.25, 0.3) is 11.2 Å². The largest absolute Gasteiger partial charge is 0.338 e. The van der Waals surface area contributed by atoms with Crippen LogP contribution < -0.4 is 5.69 Å². The van der Waals surface area contributed by atoms with Crippen LogP contribution in [0.5, 0.6) is 0 Å². The van der Waals surface area contributed by atoms with Gasteiger partial charge in [-0.2, -0.15) is 4.57 Å². The highest BCUT2D eigenvalue weighted by atomic mass is 19.1. The van der Waals surface area contributed by atoms with Gasteiger partial charge in [-0.1, -0.05) is 0 Å². The van der Waals surface area contributed by atoms with E-state index < -0.39 is 23.4 Å². The maximum atomic E-state index is 13.3. The molecular weight excluding hydrogens is 344 g/mol. The molecule has 26 heavy (non-hydrogen) atoms. The van der Waals surface area contributed by atoms with Crippen molar-refractivity contribution in [2.75, 3.05) is 14.1 Å². The second kappa shape index (κ2) is 6.66. The molecule has 0 bridgehead atoms. The van der Waals surface area contributed by atoms with E-state index >= 15 is 0 Å². The van der Waals surface area contributed by atoms with Gasteiger partial charge in [-0.3, -0.25) is 4.57 Å². The minimum atomic E-state index is -0.648. The number of halogens is 2. The maximum Gasteiger partial charge on any atom is 0.338 e. The van der Waals surface area contributed by atoms with Crippen LogP contribution >= 0.6 is 0 Å². The average molecular weight is 361 g/mol. The van der Waals surface area contributed by atoms with Crippen LogP contribution in [0.2, 0.25) is 0 Å². The third kappa shape index (κ3) is 3.19. The van der Waals surface area contributed by atoms with Crippen LogP contribution in [0, 0.1) is 11.6 Å². The van der Waals surface area contributed by atoms with Gasteiger partial charge in [-0.05, 0) is 24.1 Å². The molecule has 0 aliphatic heterocycles. The molecule has 0 aliphatic rings. The Labute approximate surface area is 147 Å². The molecule has 3 aromatic rings. The Morgan fingerprint density at radius 1 is 1.15 bits per heavy atom. The summed E-state index contributed by atoms with van der Waals surface area (Å²) in [6.45, 7) is 0. The standard InChI is InChI=1S/C17H17F2N5O2/c1-22(2)16(25)24-15-13(23(3)17(24)26)9-20-14(21-15)5-4-10-6-11(18)8-12(19)7-10/h6-9H,4-5H2,1-3H3. The molecule has 9 heteroatoms. The quantitative estimate of drug-likeness (QED) is 0.712. The zero-order valence-electron chi connectivity index (χ0n) is 14.5. The number of benzene rings is 1. The molecule has 2 aromatic heterocycles.